The summed E-state index contributed by atoms with van der Waals surface area (Å²) in [4.78, 5) is 3.20. The maximum atomic E-state index is 13.7. The van der Waals surface area contributed by atoms with Crippen LogP contribution in [0.3, 0.4) is 0 Å². The van der Waals surface area contributed by atoms with Crippen LogP contribution in [0.5, 0.6) is 5.75 Å². The largest absolute Gasteiger partial charge is 0.497 e. The SMILES string of the molecule is COc1ccc(Cn2nnnc2[C@@H](c2ccc(F)cc2)[NH+]2CC[NH+]3CCC[C@@H]3C2)cc1. The van der Waals surface area contributed by atoms with Crippen LogP contribution in [0.25, 0.3) is 0 Å². The third kappa shape index (κ3) is 4.18. The minimum absolute atomic E-state index is 0.0176. The summed E-state index contributed by atoms with van der Waals surface area (Å²) in [6, 6.07) is 15.5. The van der Waals surface area contributed by atoms with Gasteiger partial charge in [0.15, 0.2) is 6.04 Å². The van der Waals surface area contributed by atoms with Gasteiger partial charge in [-0.25, -0.2) is 9.07 Å². The van der Waals surface area contributed by atoms with E-state index in [9.17, 15) is 4.39 Å². The van der Waals surface area contributed by atoms with Crippen molar-refractivity contribution in [3.8, 4) is 5.75 Å². The number of tetrazole rings is 1. The highest BCUT2D eigenvalue weighted by Crippen LogP contribution is 2.20. The van der Waals surface area contributed by atoms with Gasteiger partial charge in [-0.3, -0.25) is 0 Å². The van der Waals surface area contributed by atoms with Crippen LogP contribution in [0.4, 0.5) is 4.39 Å². The minimum atomic E-state index is -0.222. The molecule has 4 atom stereocenters. The van der Waals surface area contributed by atoms with Crippen LogP contribution in [0.15, 0.2) is 48.5 Å². The number of methoxy groups -OCH3 is 1. The van der Waals surface area contributed by atoms with Gasteiger partial charge in [0.05, 0.1) is 20.2 Å². The zero-order valence-corrected chi connectivity index (χ0v) is 17.8. The Bertz CT molecular complexity index is 1010. The Morgan fingerprint density at radius 1 is 1.10 bits per heavy atom. The fraction of sp³-hybridized carbons (Fsp3) is 0.435. The van der Waals surface area contributed by atoms with Crippen LogP contribution < -0.4 is 14.5 Å². The molecule has 3 heterocycles. The molecule has 3 aromatic rings. The summed E-state index contributed by atoms with van der Waals surface area (Å²) >= 11 is 0. The van der Waals surface area contributed by atoms with Gasteiger partial charge in [-0.1, -0.05) is 12.1 Å². The van der Waals surface area contributed by atoms with Crippen molar-refractivity contribution in [2.45, 2.75) is 31.5 Å². The highest BCUT2D eigenvalue weighted by molar-refractivity contribution is 5.28. The summed E-state index contributed by atoms with van der Waals surface area (Å²) in [5, 5.41) is 12.8. The number of quaternary nitrogens is 2. The molecule has 0 spiro atoms. The molecule has 2 aliphatic heterocycles. The molecule has 0 amide bonds. The van der Waals surface area contributed by atoms with E-state index in [-0.39, 0.29) is 11.9 Å². The average Bonchev–Trinajstić information content (AvgIpc) is 3.45. The van der Waals surface area contributed by atoms with Crippen molar-refractivity contribution in [1.82, 2.24) is 20.2 Å². The smallest absolute Gasteiger partial charge is 0.214 e. The molecule has 0 radical (unpaired) electrons. The van der Waals surface area contributed by atoms with E-state index in [4.69, 9.17) is 4.74 Å². The van der Waals surface area contributed by atoms with Crippen molar-refractivity contribution in [1.29, 1.82) is 0 Å². The van der Waals surface area contributed by atoms with Crippen LogP contribution >= 0.6 is 0 Å². The number of ether oxygens (including phenoxy) is 1. The third-order valence-corrected chi connectivity index (χ3v) is 6.82. The van der Waals surface area contributed by atoms with Crippen molar-refractivity contribution < 1.29 is 18.9 Å². The standard InChI is InChI=1S/C23H27FN6O/c1-31-21-10-4-17(5-11-21)15-30-23(25-26-27-30)22(18-6-8-19(24)9-7-18)29-14-13-28-12-2-3-20(28)16-29/h4-11,20,22H,2-3,12-16H2,1H3/p+2/t20-,22-/m1/s1. The lowest BCUT2D eigenvalue weighted by molar-refractivity contribution is -1.03. The number of nitrogens with one attached hydrogen (secondary N) is 2. The molecular formula is C23H29FN6O+2. The first-order valence-electron chi connectivity index (χ1n) is 11.0. The second-order valence-corrected chi connectivity index (χ2v) is 8.64. The molecule has 31 heavy (non-hydrogen) atoms. The summed E-state index contributed by atoms with van der Waals surface area (Å²) in [6.07, 6.45) is 2.59. The van der Waals surface area contributed by atoms with E-state index in [0.29, 0.717) is 12.6 Å². The van der Waals surface area contributed by atoms with Crippen molar-refractivity contribution in [2.75, 3.05) is 33.3 Å². The summed E-state index contributed by atoms with van der Waals surface area (Å²) in [5.74, 6) is 1.44. The highest BCUT2D eigenvalue weighted by atomic mass is 19.1. The number of rotatable bonds is 6. The molecule has 2 saturated heterocycles. The third-order valence-electron chi connectivity index (χ3n) is 6.82. The molecule has 2 fully saturated rings. The Kier molecular flexibility index (Phi) is 5.65. The maximum absolute atomic E-state index is 13.7. The van der Waals surface area contributed by atoms with Crippen molar-refractivity contribution >= 4 is 0 Å². The number of hydrogen-bond donors (Lipinski definition) is 2. The van der Waals surface area contributed by atoms with E-state index in [2.05, 4.69) is 15.5 Å². The maximum Gasteiger partial charge on any atom is 0.214 e. The number of halogens is 1. The van der Waals surface area contributed by atoms with Gasteiger partial charge in [0.1, 0.15) is 37.2 Å². The van der Waals surface area contributed by atoms with Crippen molar-refractivity contribution in [3.05, 3.63) is 71.3 Å². The van der Waals surface area contributed by atoms with Gasteiger partial charge in [0.2, 0.25) is 5.82 Å². The van der Waals surface area contributed by atoms with Gasteiger partial charge < -0.3 is 14.5 Å². The Morgan fingerprint density at radius 3 is 2.68 bits per heavy atom. The van der Waals surface area contributed by atoms with Crippen LogP contribution in [0.2, 0.25) is 0 Å². The Labute approximate surface area is 181 Å². The normalized spacial score (nSPS) is 24.0. The monoisotopic (exact) mass is 424 g/mol. The molecule has 8 heteroatoms. The first-order chi connectivity index (χ1) is 15.2. The molecule has 2 aliphatic rings. The average molecular weight is 425 g/mol. The highest BCUT2D eigenvalue weighted by Gasteiger charge is 2.42. The Balaban J connectivity index is 1.46. The van der Waals surface area contributed by atoms with Gasteiger partial charge in [-0.15, -0.1) is 5.10 Å². The van der Waals surface area contributed by atoms with Gasteiger partial charge in [0.25, 0.3) is 0 Å². The molecule has 2 aromatic carbocycles. The molecule has 0 aliphatic carbocycles. The zero-order chi connectivity index (χ0) is 21.2. The Morgan fingerprint density at radius 2 is 1.90 bits per heavy atom. The van der Waals surface area contributed by atoms with E-state index in [1.165, 1.54) is 36.4 Å². The number of fused-ring (bicyclic) bond motifs is 1. The molecule has 0 saturated carbocycles. The van der Waals surface area contributed by atoms with E-state index in [1.54, 1.807) is 12.0 Å². The van der Waals surface area contributed by atoms with Crippen LogP contribution in [-0.4, -0.2) is 59.5 Å². The number of piperazine rings is 1. The second-order valence-electron chi connectivity index (χ2n) is 8.64. The molecule has 2 unspecified atom stereocenters. The van der Waals surface area contributed by atoms with Crippen LogP contribution in [0, 0.1) is 5.82 Å². The van der Waals surface area contributed by atoms with Gasteiger partial charge >= 0.3 is 0 Å². The number of hydrogen-bond acceptors (Lipinski definition) is 4. The molecule has 162 valence electrons. The van der Waals surface area contributed by atoms with Gasteiger partial charge in [0, 0.05) is 18.4 Å². The molecule has 7 nitrogen and oxygen atoms in total. The number of benzene rings is 2. The summed E-state index contributed by atoms with van der Waals surface area (Å²) in [5.41, 5.74) is 2.16. The number of aromatic nitrogens is 4. The fourth-order valence-electron chi connectivity index (χ4n) is 5.22. The molecule has 1 aromatic heterocycles. The predicted molar refractivity (Wildman–Crippen MR) is 113 cm³/mol. The topological polar surface area (TPSA) is 61.7 Å². The van der Waals surface area contributed by atoms with Crippen molar-refractivity contribution in [3.63, 3.8) is 0 Å². The summed E-state index contributed by atoms with van der Waals surface area (Å²) in [7, 11) is 1.66. The van der Waals surface area contributed by atoms with Crippen LogP contribution in [0.1, 0.15) is 35.8 Å². The lowest BCUT2D eigenvalue weighted by Crippen LogP contribution is -3.29. The van der Waals surface area contributed by atoms with E-state index >= 15 is 0 Å². The quantitative estimate of drug-likeness (QED) is 0.581. The first-order valence-corrected chi connectivity index (χ1v) is 11.0. The Hall–Kier alpha value is -2.84. The minimum Gasteiger partial charge on any atom is -0.497 e. The van der Waals surface area contributed by atoms with Crippen LogP contribution in [-0.2, 0) is 6.54 Å². The van der Waals surface area contributed by atoms with E-state index < -0.39 is 0 Å². The molecular weight excluding hydrogens is 395 g/mol. The molecule has 0 bridgehead atoms. The molecule has 2 N–H and O–H groups in total. The van der Waals surface area contributed by atoms with Gasteiger partial charge in [-0.05, 0) is 52.4 Å². The predicted octanol–water partition coefficient (Wildman–Crippen LogP) is -0.0957. The van der Waals surface area contributed by atoms with E-state index in [1.807, 2.05) is 41.1 Å². The lowest BCUT2D eigenvalue weighted by atomic mass is 10.0. The second kappa shape index (κ2) is 8.72. The summed E-state index contributed by atoms with van der Waals surface area (Å²) < 4.78 is 20.8. The van der Waals surface area contributed by atoms with Crippen molar-refractivity contribution in [2.24, 2.45) is 0 Å². The first kappa shape index (κ1) is 20.1. The molecule has 5 rings (SSSR count). The summed E-state index contributed by atoms with van der Waals surface area (Å²) in [6.45, 7) is 5.18. The van der Waals surface area contributed by atoms with Gasteiger partial charge in [-0.2, -0.15) is 0 Å². The van der Waals surface area contributed by atoms with E-state index in [0.717, 1.165) is 42.3 Å². The lowest BCUT2D eigenvalue weighted by Gasteiger charge is -2.36. The zero-order valence-electron chi connectivity index (χ0n) is 17.8. The number of nitrogens with zero attached hydrogens (tertiary/aromatic N) is 4. The fourth-order valence-corrected chi connectivity index (χ4v) is 5.22.